The summed E-state index contributed by atoms with van der Waals surface area (Å²) in [6, 6.07) is 14.9. The minimum Gasteiger partial charge on any atom is -0.347 e. The number of pyridine rings is 1. The second-order valence-corrected chi connectivity index (χ2v) is 6.53. The molecule has 1 heterocycles. The zero-order valence-electron chi connectivity index (χ0n) is 15.6. The number of aromatic nitrogens is 1. The molecule has 142 valence electrons. The molecule has 6 heteroatoms. The summed E-state index contributed by atoms with van der Waals surface area (Å²) in [4.78, 5) is 28.8. The average molecular weight is 377 g/mol. The summed E-state index contributed by atoms with van der Waals surface area (Å²) in [6.45, 7) is 3.94. The smallest absolute Gasteiger partial charge is 0.270 e. The highest BCUT2D eigenvalue weighted by atomic mass is 19.1. The molecule has 3 rings (SSSR count). The van der Waals surface area contributed by atoms with Crippen molar-refractivity contribution in [1.82, 2.24) is 10.3 Å². The molecule has 2 amide bonds. The molecule has 3 aromatic rings. The molecule has 2 N–H and O–H groups in total. The number of benzene rings is 2. The van der Waals surface area contributed by atoms with E-state index >= 15 is 0 Å². The Bertz CT molecular complexity index is 1010. The standard InChI is InChI=1S/C22H20FN3O2/c1-14-9-15(2)11-18(10-14)26-21(27)16-7-8-24-20(12-16)22(28)25-13-17-5-3-4-6-19(17)23/h3-12H,13H2,1-2H3,(H,25,28)(H,26,27). The van der Waals surface area contributed by atoms with Crippen LogP contribution in [-0.4, -0.2) is 16.8 Å². The quantitative estimate of drug-likeness (QED) is 0.705. The maximum absolute atomic E-state index is 13.7. The van der Waals surface area contributed by atoms with E-state index in [2.05, 4.69) is 15.6 Å². The van der Waals surface area contributed by atoms with Gasteiger partial charge in [0.15, 0.2) is 0 Å². The van der Waals surface area contributed by atoms with Crippen LogP contribution in [0.15, 0.2) is 60.8 Å². The van der Waals surface area contributed by atoms with E-state index in [4.69, 9.17) is 0 Å². The van der Waals surface area contributed by atoms with Gasteiger partial charge in [-0.05, 0) is 55.3 Å². The molecule has 0 spiro atoms. The first kappa shape index (κ1) is 19.2. The summed E-state index contributed by atoms with van der Waals surface area (Å²) in [5.41, 5.74) is 3.54. The number of nitrogens with one attached hydrogen (secondary N) is 2. The number of hydrogen-bond donors (Lipinski definition) is 2. The lowest BCUT2D eigenvalue weighted by molar-refractivity contribution is 0.0945. The van der Waals surface area contributed by atoms with E-state index < -0.39 is 11.7 Å². The fourth-order valence-corrected chi connectivity index (χ4v) is 2.85. The molecule has 0 radical (unpaired) electrons. The molecule has 5 nitrogen and oxygen atoms in total. The molecule has 0 aliphatic rings. The zero-order chi connectivity index (χ0) is 20.1. The minimum absolute atomic E-state index is 0.0339. The number of amides is 2. The van der Waals surface area contributed by atoms with Crippen LogP contribution in [0.25, 0.3) is 0 Å². The Morgan fingerprint density at radius 1 is 0.964 bits per heavy atom. The van der Waals surface area contributed by atoms with Gasteiger partial charge in [0.2, 0.25) is 0 Å². The molecular weight excluding hydrogens is 357 g/mol. The highest BCUT2D eigenvalue weighted by Gasteiger charge is 2.13. The number of aryl methyl sites for hydroxylation is 2. The van der Waals surface area contributed by atoms with E-state index in [0.29, 0.717) is 16.8 Å². The van der Waals surface area contributed by atoms with Gasteiger partial charge in [-0.15, -0.1) is 0 Å². The number of rotatable bonds is 5. The van der Waals surface area contributed by atoms with Crippen LogP contribution in [0.1, 0.15) is 37.5 Å². The summed E-state index contributed by atoms with van der Waals surface area (Å²) in [7, 11) is 0. The van der Waals surface area contributed by atoms with Gasteiger partial charge in [-0.3, -0.25) is 14.6 Å². The van der Waals surface area contributed by atoms with E-state index in [1.807, 2.05) is 32.0 Å². The van der Waals surface area contributed by atoms with E-state index in [9.17, 15) is 14.0 Å². The van der Waals surface area contributed by atoms with Gasteiger partial charge in [0.05, 0.1) is 0 Å². The summed E-state index contributed by atoms with van der Waals surface area (Å²) >= 11 is 0. The van der Waals surface area contributed by atoms with Crippen LogP contribution in [0.2, 0.25) is 0 Å². The third-order valence-corrected chi connectivity index (χ3v) is 4.13. The Morgan fingerprint density at radius 2 is 1.68 bits per heavy atom. The predicted octanol–water partition coefficient (Wildman–Crippen LogP) is 4.02. The number of nitrogens with zero attached hydrogens (tertiary/aromatic N) is 1. The van der Waals surface area contributed by atoms with Crippen molar-refractivity contribution in [1.29, 1.82) is 0 Å². The predicted molar refractivity (Wildman–Crippen MR) is 106 cm³/mol. The molecule has 0 unspecified atom stereocenters. The molecular formula is C22H20FN3O2. The monoisotopic (exact) mass is 377 g/mol. The van der Waals surface area contributed by atoms with Gasteiger partial charge in [-0.25, -0.2) is 4.39 Å². The van der Waals surface area contributed by atoms with Crippen LogP contribution >= 0.6 is 0 Å². The Balaban J connectivity index is 1.69. The molecule has 0 saturated heterocycles. The van der Waals surface area contributed by atoms with Crippen LogP contribution in [0, 0.1) is 19.7 Å². The van der Waals surface area contributed by atoms with Crippen LogP contribution in [0.3, 0.4) is 0 Å². The van der Waals surface area contributed by atoms with Gasteiger partial charge in [-0.1, -0.05) is 24.3 Å². The first-order valence-electron chi connectivity index (χ1n) is 8.79. The van der Waals surface area contributed by atoms with Crippen LogP contribution < -0.4 is 10.6 Å². The zero-order valence-corrected chi connectivity index (χ0v) is 15.6. The number of hydrogen-bond acceptors (Lipinski definition) is 3. The largest absolute Gasteiger partial charge is 0.347 e. The second-order valence-electron chi connectivity index (χ2n) is 6.53. The highest BCUT2D eigenvalue weighted by molar-refractivity contribution is 6.05. The normalized spacial score (nSPS) is 10.4. The maximum Gasteiger partial charge on any atom is 0.270 e. The van der Waals surface area contributed by atoms with E-state index in [0.717, 1.165) is 11.1 Å². The number of carbonyl (C=O) groups excluding carboxylic acids is 2. The molecule has 0 bridgehead atoms. The first-order chi connectivity index (χ1) is 13.4. The Labute approximate surface area is 162 Å². The Kier molecular flexibility index (Phi) is 5.79. The molecule has 28 heavy (non-hydrogen) atoms. The SMILES string of the molecule is Cc1cc(C)cc(NC(=O)c2ccnc(C(=O)NCc3ccccc3F)c2)c1. The molecule has 2 aromatic carbocycles. The fourth-order valence-electron chi connectivity index (χ4n) is 2.85. The first-order valence-corrected chi connectivity index (χ1v) is 8.79. The van der Waals surface area contributed by atoms with Crippen molar-refractivity contribution in [3.05, 3.63) is 94.6 Å². The lowest BCUT2D eigenvalue weighted by atomic mass is 10.1. The van der Waals surface area contributed by atoms with Gasteiger partial charge in [0.25, 0.3) is 11.8 Å². The average Bonchev–Trinajstić information content (AvgIpc) is 2.66. The van der Waals surface area contributed by atoms with Crippen molar-refractivity contribution in [2.75, 3.05) is 5.32 Å². The van der Waals surface area contributed by atoms with E-state index in [1.165, 1.54) is 24.4 Å². The van der Waals surface area contributed by atoms with Crippen molar-refractivity contribution >= 4 is 17.5 Å². The van der Waals surface area contributed by atoms with Crippen LogP contribution in [0.4, 0.5) is 10.1 Å². The Morgan fingerprint density at radius 3 is 2.39 bits per heavy atom. The third-order valence-electron chi connectivity index (χ3n) is 4.13. The van der Waals surface area contributed by atoms with Crippen molar-refractivity contribution in [3.63, 3.8) is 0 Å². The van der Waals surface area contributed by atoms with E-state index in [-0.39, 0.29) is 18.1 Å². The third kappa shape index (κ3) is 4.79. The summed E-state index contributed by atoms with van der Waals surface area (Å²) in [5.74, 6) is -1.21. The van der Waals surface area contributed by atoms with Gasteiger partial charge in [0.1, 0.15) is 11.5 Å². The molecule has 0 atom stereocenters. The van der Waals surface area contributed by atoms with Crippen molar-refractivity contribution in [3.8, 4) is 0 Å². The number of carbonyl (C=O) groups is 2. The van der Waals surface area contributed by atoms with Gasteiger partial charge < -0.3 is 10.6 Å². The lowest BCUT2D eigenvalue weighted by Gasteiger charge is -2.09. The van der Waals surface area contributed by atoms with Crippen LogP contribution in [-0.2, 0) is 6.54 Å². The van der Waals surface area contributed by atoms with Crippen molar-refractivity contribution < 1.29 is 14.0 Å². The summed E-state index contributed by atoms with van der Waals surface area (Å²) < 4.78 is 13.7. The molecule has 0 saturated carbocycles. The summed E-state index contributed by atoms with van der Waals surface area (Å²) in [5, 5.41) is 5.44. The van der Waals surface area contributed by atoms with Crippen molar-refractivity contribution in [2.45, 2.75) is 20.4 Å². The summed E-state index contributed by atoms with van der Waals surface area (Å²) in [6.07, 6.45) is 1.40. The minimum atomic E-state index is -0.482. The fraction of sp³-hybridized carbons (Fsp3) is 0.136. The van der Waals surface area contributed by atoms with Crippen LogP contribution in [0.5, 0.6) is 0 Å². The Hall–Kier alpha value is -3.54. The van der Waals surface area contributed by atoms with Gasteiger partial charge >= 0.3 is 0 Å². The molecule has 0 aliphatic heterocycles. The van der Waals surface area contributed by atoms with Gasteiger partial charge in [-0.2, -0.15) is 0 Å². The molecule has 0 fully saturated rings. The molecule has 0 aliphatic carbocycles. The number of anilines is 1. The number of halogens is 1. The topological polar surface area (TPSA) is 71.1 Å². The van der Waals surface area contributed by atoms with E-state index in [1.54, 1.807) is 18.2 Å². The maximum atomic E-state index is 13.7. The van der Waals surface area contributed by atoms with Crippen molar-refractivity contribution in [2.24, 2.45) is 0 Å². The van der Waals surface area contributed by atoms with Gasteiger partial charge in [0, 0.05) is 29.6 Å². The lowest BCUT2D eigenvalue weighted by Crippen LogP contribution is -2.25. The molecule has 1 aromatic heterocycles. The highest BCUT2D eigenvalue weighted by Crippen LogP contribution is 2.15. The second kappa shape index (κ2) is 8.43.